The number of hydrogen-bond acceptors (Lipinski definition) is 5. The number of aromatic nitrogens is 3. The molecular formula is C19H19F2N5OS. The normalized spacial score (nSPS) is 21.5. The first-order valence-electron chi connectivity index (χ1n) is 8.91. The van der Waals surface area contributed by atoms with E-state index >= 15 is 0 Å². The van der Waals surface area contributed by atoms with Crippen LogP contribution in [-0.4, -0.2) is 38.5 Å². The lowest BCUT2D eigenvalue weighted by molar-refractivity contribution is -0.0674. The molecule has 1 aliphatic carbocycles. The zero-order valence-electron chi connectivity index (χ0n) is 14.9. The van der Waals surface area contributed by atoms with Crippen LogP contribution in [0.25, 0.3) is 22.9 Å². The second-order valence-corrected chi connectivity index (χ2v) is 7.82. The standard InChI is InChI=1S/C19H19F2N5OS/c1-2-14-15(11-10-23-26-9-4-3-7-13(11)26)24-18(28-14)17(27)25-16-12(22)6-5-8-19(16,20)21/h2-4,7,9-10,12,16H,1,5-6,8,22H2,(H,25,27)/t12-,16-/m1/s1. The van der Waals surface area contributed by atoms with Gasteiger partial charge in [-0.1, -0.05) is 12.6 Å². The highest BCUT2D eigenvalue weighted by Gasteiger charge is 2.46. The van der Waals surface area contributed by atoms with Gasteiger partial charge in [0.25, 0.3) is 11.8 Å². The molecule has 3 aromatic heterocycles. The molecule has 0 aromatic carbocycles. The molecule has 0 aliphatic heterocycles. The van der Waals surface area contributed by atoms with Crippen LogP contribution >= 0.6 is 11.3 Å². The molecule has 1 fully saturated rings. The summed E-state index contributed by atoms with van der Waals surface area (Å²) in [5.41, 5.74) is 7.95. The maximum Gasteiger partial charge on any atom is 0.280 e. The highest BCUT2D eigenvalue weighted by Crippen LogP contribution is 2.35. The fourth-order valence-corrected chi connectivity index (χ4v) is 4.33. The summed E-state index contributed by atoms with van der Waals surface area (Å²) in [5.74, 6) is -3.69. The summed E-state index contributed by atoms with van der Waals surface area (Å²) in [6.07, 6.45) is 5.57. The average Bonchev–Trinajstić information content (AvgIpc) is 3.28. The summed E-state index contributed by atoms with van der Waals surface area (Å²) in [6, 6.07) is 3.43. The maximum absolute atomic E-state index is 14.2. The third-order valence-corrected chi connectivity index (χ3v) is 5.98. The Bertz CT molecular complexity index is 1040. The van der Waals surface area contributed by atoms with Crippen LogP contribution in [0.1, 0.15) is 33.9 Å². The van der Waals surface area contributed by atoms with Crippen molar-refractivity contribution in [2.45, 2.75) is 37.3 Å². The van der Waals surface area contributed by atoms with Crippen molar-refractivity contribution in [1.29, 1.82) is 0 Å². The summed E-state index contributed by atoms with van der Waals surface area (Å²) < 4.78 is 30.1. The number of fused-ring (bicyclic) bond motifs is 1. The van der Waals surface area contributed by atoms with Crippen molar-refractivity contribution in [3.63, 3.8) is 0 Å². The largest absolute Gasteiger partial charge is 0.340 e. The monoisotopic (exact) mass is 403 g/mol. The number of pyridine rings is 1. The number of rotatable bonds is 4. The molecule has 3 heterocycles. The minimum atomic E-state index is -3.03. The summed E-state index contributed by atoms with van der Waals surface area (Å²) in [5, 5.41) is 6.77. The second-order valence-electron chi connectivity index (χ2n) is 6.79. The highest BCUT2D eigenvalue weighted by molar-refractivity contribution is 7.15. The third-order valence-electron chi connectivity index (χ3n) is 4.93. The SMILES string of the molecule is C=Cc1sc(C(=O)N[C@@H]2[C@H](N)CCCC2(F)F)nc1-c1cnn2ccccc12. The molecule has 3 aromatic rings. The van der Waals surface area contributed by atoms with E-state index in [0.717, 1.165) is 22.4 Å². The predicted octanol–water partition coefficient (Wildman–Crippen LogP) is 3.35. The molecule has 3 N–H and O–H groups in total. The van der Waals surface area contributed by atoms with Crippen LogP contribution in [0.5, 0.6) is 0 Å². The van der Waals surface area contributed by atoms with Crippen LogP contribution in [0.2, 0.25) is 0 Å². The first-order valence-corrected chi connectivity index (χ1v) is 9.72. The van der Waals surface area contributed by atoms with Crippen LogP contribution in [-0.2, 0) is 0 Å². The number of carbonyl (C=O) groups is 1. The van der Waals surface area contributed by atoms with Gasteiger partial charge >= 0.3 is 0 Å². The number of alkyl halides is 2. The van der Waals surface area contributed by atoms with E-state index in [1.54, 1.807) is 23.0 Å². The van der Waals surface area contributed by atoms with E-state index in [1.165, 1.54) is 0 Å². The van der Waals surface area contributed by atoms with Gasteiger partial charge < -0.3 is 11.1 Å². The van der Waals surface area contributed by atoms with Gasteiger partial charge in [0.15, 0.2) is 5.01 Å². The van der Waals surface area contributed by atoms with Gasteiger partial charge in [0.2, 0.25) is 0 Å². The first kappa shape index (κ1) is 18.7. The van der Waals surface area contributed by atoms with Crippen LogP contribution in [0.15, 0.2) is 37.2 Å². The van der Waals surface area contributed by atoms with Crippen molar-refractivity contribution in [3.05, 3.63) is 47.1 Å². The van der Waals surface area contributed by atoms with Gasteiger partial charge in [-0.05, 0) is 31.1 Å². The summed E-state index contributed by atoms with van der Waals surface area (Å²) >= 11 is 1.10. The Balaban J connectivity index is 1.66. The Labute approximate surface area is 164 Å². The summed E-state index contributed by atoms with van der Waals surface area (Å²) in [7, 11) is 0. The van der Waals surface area contributed by atoms with E-state index in [-0.39, 0.29) is 11.4 Å². The van der Waals surface area contributed by atoms with Gasteiger partial charge in [0.05, 0.1) is 22.3 Å². The molecular weight excluding hydrogens is 384 g/mol. The Morgan fingerprint density at radius 1 is 1.46 bits per heavy atom. The number of amides is 1. The van der Waals surface area contributed by atoms with Gasteiger partial charge in [-0.3, -0.25) is 4.79 Å². The van der Waals surface area contributed by atoms with Gasteiger partial charge in [-0.15, -0.1) is 11.3 Å². The van der Waals surface area contributed by atoms with Crippen LogP contribution < -0.4 is 11.1 Å². The molecule has 1 aliphatic rings. The molecule has 1 amide bonds. The number of nitrogens with zero attached hydrogens (tertiary/aromatic N) is 3. The highest BCUT2D eigenvalue weighted by atomic mass is 32.1. The Kier molecular flexibility index (Phi) is 4.72. The first-order chi connectivity index (χ1) is 13.4. The number of carbonyl (C=O) groups excluding carboxylic acids is 1. The molecule has 0 bridgehead atoms. The predicted molar refractivity (Wildman–Crippen MR) is 104 cm³/mol. The van der Waals surface area contributed by atoms with E-state index in [0.29, 0.717) is 23.4 Å². The summed E-state index contributed by atoms with van der Waals surface area (Å²) in [4.78, 5) is 17.7. The van der Waals surface area contributed by atoms with Gasteiger partial charge in [-0.25, -0.2) is 18.3 Å². The Hall–Kier alpha value is -2.65. The van der Waals surface area contributed by atoms with Gasteiger partial charge in [0.1, 0.15) is 6.04 Å². The lowest BCUT2D eigenvalue weighted by atomic mass is 9.87. The van der Waals surface area contributed by atoms with Gasteiger partial charge in [-0.2, -0.15) is 5.10 Å². The van der Waals surface area contributed by atoms with Crippen molar-refractivity contribution < 1.29 is 13.6 Å². The van der Waals surface area contributed by atoms with Crippen LogP contribution in [0, 0.1) is 0 Å². The smallest absolute Gasteiger partial charge is 0.280 e. The van der Waals surface area contributed by atoms with E-state index < -0.39 is 23.9 Å². The van der Waals surface area contributed by atoms with E-state index in [9.17, 15) is 13.6 Å². The topological polar surface area (TPSA) is 85.3 Å². The van der Waals surface area contributed by atoms with E-state index in [4.69, 9.17) is 5.73 Å². The van der Waals surface area contributed by atoms with Crippen molar-refractivity contribution in [2.75, 3.05) is 0 Å². The molecule has 0 unspecified atom stereocenters. The molecule has 146 valence electrons. The lowest BCUT2D eigenvalue weighted by Gasteiger charge is -2.36. The van der Waals surface area contributed by atoms with E-state index in [2.05, 4.69) is 22.0 Å². The lowest BCUT2D eigenvalue weighted by Crippen LogP contribution is -2.59. The molecule has 4 rings (SSSR count). The molecule has 0 saturated heterocycles. The molecule has 0 radical (unpaired) electrons. The maximum atomic E-state index is 14.2. The van der Waals surface area contributed by atoms with Crippen molar-refractivity contribution in [2.24, 2.45) is 5.73 Å². The minimum absolute atomic E-state index is 0.0914. The zero-order valence-corrected chi connectivity index (χ0v) is 15.8. The molecule has 9 heteroatoms. The number of nitrogens with one attached hydrogen (secondary N) is 1. The Morgan fingerprint density at radius 2 is 2.29 bits per heavy atom. The van der Waals surface area contributed by atoms with Crippen LogP contribution in [0.3, 0.4) is 0 Å². The minimum Gasteiger partial charge on any atom is -0.340 e. The Morgan fingerprint density at radius 3 is 3.04 bits per heavy atom. The van der Waals surface area contributed by atoms with Crippen molar-refractivity contribution in [1.82, 2.24) is 19.9 Å². The number of nitrogens with two attached hydrogens (primary N) is 1. The zero-order chi connectivity index (χ0) is 19.9. The quantitative estimate of drug-likeness (QED) is 0.700. The average molecular weight is 403 g/mol. The second kappa shape index (κ2) is 7.06. The van der Waals surface area contributed by atoms with Crippen molar-refractivity contribution in [3.8, 4) is 11.3 Å². The van der Waals surface area contributed by atoms with Gasteiger partial charge in [0, 0.05) is 24.2 Å². The molecule has 28 heavy (non-hydrogen) atoms. The van der Waals surface area contributed by atoms with E-state index in [1.807, 2.05) is 18.2 Å². The molecule has 6 nitrogen and oxygen atoms in total. The summed E-state index contributed by atoms with van der Waals surface area (Å²) in [6.45, 7) is 3.78. The third kappa shape index (κ3) is 3.20. The number of halogens is 2. The molecule has 1 saturated carbocycles. The van der Waals surface area contributed by atoms with Crippen LogP contribution in [0.4, 0.5) is 8.78 Å². The fourth-order valence-electron chi connectivity index (χ4n) is 3.50. The number of hydrogen-bond donors (Lipinski definition) is 2. The molecule has 0 spiro atoms. The molecule has 2 atom stereocenters. The number of thiazole rings is 1. The fraction of sp³-hybridized carbons (Fsp3) is 0.316. The van der Waals surface area contributed by atoms with Crippen molar-refractivity contribution >= 4 is 28.8 Å².